The first-order valence-corrected chi connectivity index (χ1v) is 7.22. The lowest BCUT2D eigenvalue weighted by atomic mass is 10.1. The van der Waals surface area contributed by atoms with Crippen molar-refractivity contribution in [3.05, 3.63) is 65.7 Å². The van der Waals surface area contributed by atoms with Crippen LogP contribution in [0.25, 0.3) is 27.3 Å². The van der Waals surface area contributed by atoms with E-state index in [1.54, 1.807) is 0 Å². The quantitative estimate of drug-likeness (QED) is 0.488. The molecule has 0 fully saturated rings. The molecule has 0 aliphatic heterocycles. The summed E-state index contributed by atoms with van der Waals surface area (Å²) in [5.74, 6) is -0.304. The van der Waals surface area contributed by atoms with E-state index in [0.29, 0.717) is 5.56 Å². The van der Waals surface area contributed by atoms with Crippen molar-refractivity contribution in [2.75, 3.05) is 7.11 Å². The summed E-state index contributed by atoms with van der Waals surface area (Å²) >= 11 is 0. The maximum Gasteiger partial charge on any atom is 0.340 e. The molecule has 0 amide bonds. The average molecular weight is 289 g/mol. The average Bonchev–Trinajstić information content (AvgIpc) is 2.87. The van der Waals surface area contributed by atoms with Gasteiger partial charge in [0.05, 0.1) is 29.2 Å². The molecule has 4 rings (SSSR count). The Kier molecular flexibility index (Phi) is 2.70. The number of esters is 1. The molecule has 0 saturated heterocycles. The molecule has 0 aliphatic rings. The number of carbonyl (C=O) groups excluding carboxylic acids is 1. The van der Waals surface area contributed by atoms with Crippen LogP contribution in [0.5, 0.6) is 0 Å². The molecule has 3 heteroatoms. The number of hydrogen-bond donors (Lipinski definition) is 0. The van der Waals surface area contributed by atoms with Crippen molar-refractivity contribution in [2.45, 2.75) is 6.92 Å². The fraction of sp³-hybridized carbons (Fsp3) is 0.105. The minimum Gasteiger partial charge on any atom is -0.465 e. The number of fused-ring (bicyclic) bond motifs is 5. The highest BCUT2D eigenvalue weighted by atomic mass is 16.5. The molecule has 22 heavy (non-hydrogen) atoms. The molecule has 3 nitrogen and oxygen atoms in total. The topological polar surface area (TPSA) is 30.7 Å². The smallest absolute Gasteiger partial charge is 0.340 e. The summed E-state index contributed by atoms with van der Waals surface area (Å²) in [4.78, 5) is 12.3. The zero-order chi connectivity index (χ0) is 15.3. The molecule has 2 aromatic carbocycles. The molecule has 0 unspecified atom stereocenters. The lowest BCUT2D eigenvalue weighted by molar-refractivity contribution is 0.0602. The zero-order valence-corrected chi connectivity index (χ0v) is 12.5. The van der Waals surface area contributed by atoms with Crippen LogP contribution in [0.3, 0.4) is 0 Å². The number of aryl methyl sites for hydroxylation is 1. The second kappa shape index (κ2) is 4.60. The summed E-state index contributed by atoms with van der Waals surface area (Å²) in [6, 6.07) is 18.2. The minimum atomic E-state index is -0.304. The van der Waals surface area contributed by atoms with Crippen LogP contribution in [0, 0.1) is 6.92 Å². The summed E-state index contributed by atoms with van der Waals surface area (Å²) in [5, 5.41) is 2.18. The third kappa shape index (κ3) is 1.59. The molecule has 4 aromatic rings. The zero-order valence-electron chi connectivity index (χ0n) is 12.5. The lowest BCUT2D eigenvalue weighted by Gasteiger charge is -2.09. The van der Waals surface area contributed by atoms with Crippen molar-refractivity contribution in [2.24, 2.45) is 0 Å². The largest absolute Gasteiger partial charge is 0.465 e. The van der Waals surface area contributed by atoms with Gasteiger partial charge in [0.2, 0.25) is 0 Å². The number of pyridine rings is 1. The van der Waals surface area contributed by atoms with Crippen LogP contribution in [0.2, 0.25) is 0 Å². The molecule has 0 bridgehead atoms. The summed E-state index contributed by atoms with van der Waals surface area (Å²) in [6.07, 6.45) is 0. The van der Waals surface area contributed by atoms with Crippen molar-refractivity contribution in [1.82, 2.24) is 4.40 Å². The Morgan fingerprint density at radius 3 is 2.45 bits per heavy atom. The van der Waals surface area contributed by atoms with Crippen molar-refractivity contribution >= 4 is 33.3 Å². The number of para-hydroxylation sites is 2. The Labute approximate surface area is 127 Å². The van der Waals surface area contributed by atoms with Crippen LogP contribution in [0.15, 0.2) is 54.6 Å². The van der Waals surface area contributed by atoms with E-state index in [0.717, 1.165) is 32.9 Å². The first-order chi connectivity index (χ1) is 10.7. The van der Waals surface area contributed by atoms with Gasteiger partial charge in [0.15, 0.2) is 0 Å². The molecule has 0 aliphatic carbocycles. The number of ether oxygens (including phenoxy) is 1. The number of rotatable bonds is 1. The number of hydrogen-bond acceptors (Lipinski definition) is 2. The van der Waals surface area contributed by atoms with E-state index in [4.69, 9.17) is 4.74 Å². The van der Waals surface area contributed by atoms with Crippen molar-refractivity contribution in [3.63, 3.8) is 0 Å². The molecule has 0 spiro atoms. The second-order valence-electron chi connectivity index (χ2n) is 5.43. The number of methoxy groups -OCH3 is 1. The number of carbonyl (C=O) groups is 1. The highest BCUT2D eigenvalue weighted by Crippen LogP contribution is 2.32. The summed E-state index contributed by atoms with van der Waals surface area (Å²) in [7, 11) is 1.42. The fourth-order valence-corrected chi connectivity index (χ4v) is 3.28. The highest BCUT2D eigenvalue weighted by Gasteiger charge is 2.19. The van der Waals surface area contributed by atoms with Gasteiger partial charge in [0, 0.05) is 5.39 Å². The molecule has 108 valence electrons. The molecule has 0 radical (unpaired) electrons. The Bertz CT molecular complexity index is 1040. The SMILES string of the molecule is COC(=O)c1cc2ccccc2n2c1c(C)c1ccccc12. The molecule has 2 heterocycles. The van der Waals surface area contributed by atoms with Crippen LogP contribution in [0.1, 0.15) is 15.9 Å². The molecule has 2 aromatic heterocycles. The number of nitrogens with zero attached hydrogens (tertiary/aromatic N) is 1. The van der Waals surface area contributed by atoms with Gasteiger partial charge in [-0.2, -0.15) is 0 Å². The van der Waals surface area contributed by atoms with Crippen molar-refractivity contribution in [1.29, 1.82) is 0 Å². The fourth-order valence-electron chi connectivity index (χ4n) is 3.28. The second-order valence-corrected chi connectivity index (χ2v) is 5.43. The Morgan fingerprint density at radius 2 is 1.68 bits per heavy atom. The van der Waals surface area contributed by atoms with Crippen LogP contribution in [-0.2, 0) is 4.74 Å². The molecule has 0 saturated carbocycles. The van der Waals surface area contributed by atoms with Crippen molar-refractivity contribution < 1.29 is 9.53 Å². The van der Waals surface area contributed by atoms with Gasteiger partial charge in [-0.25, -0.2) is 4.79 Å². The summed E-state index contributed by atoms with van der Waals surface area (Å²) in [5.41, 5.74) is 4.83. The Balaban J connectivity index is 2.36. The van der Waals surface area contributed by atoms with Gasteiger partial charge >= 0.3 is 5.97 Å². The summed E-state index contributed by atoms with van der Waals surface area (Å²) in [6.45, 7) is 2.05. The maximum absolute atomic E-state index is 12.3. The van der Waals surface area contributed by atoms with Gasteiger partial charge < -0.3 is 9.14 Å². The Hall–Kier alpha value is -2.81. The van der Waals surface area contributed by atoms with Gasteiger partial charge in [0.1, 0.15) is 0 Å². The van der Waals surface area contributed by atoms with Gasteiger partial charge in [-0.05, 0) is 36.1 Å². The standard InChI is InChI=1S/C19H15NO2/c1-12-14-8-4-6-10-17(14)20-16-9-5-3-7-13(16)11-15(18(12)20)19(21)22-2/h3-11H,1-2H3. The van der Waals surface area contributed by atoms with E-state index in [1.807, 2.05) is 36.4 Å². The normalized spacial score (nSPS) is 11.4. The molecule has 0 N–H and O–H groups in total. The van der Waals surface area contributed by atoms with E-state index < -0.39 is 0 Å². The molecular formula is C19H15NO2. The number of aromatic nitrogens is 1. The van der Waals surface area contributed by atoms with Crippen molar-refractivity contribution in [3.8, 4) is 0 Å². The highest BCUT2D eigenvalue weighted by molar-refractivity contribution is 6.08. The number of benzene rings is 2. The summed E-state index contributed by atoms with van der Waals surface area (Å²) < 4.78 is 7.15. The van der Waals surface area contributed by atoms with Crippen LogP contribution >= 0.6 is 0 Å². The monoisotopic (exact) mass is 289 g/mol. The minimum absolute atomic E-state index is 0.304. The van der Waals surface area contributed by atoms with Gasteiger partial charge in [-0.3, -0.25) is 0 Å². The molecular weight excluding hydrogens is 274 g/mol. The Morgan fingerprint density at radius 1 is 1.00 bits per heavy atom. The van der Waals surface area contributed by atoms with E-state index in [2.05, 4.69) is 29.5 Å². The first-order valence-electron chi connectivity index (χ1n) is 7.22. The van der Waals surface area contributed by atoms with Gasteiger partial charge in [-0.1, -0.05) is 36.4 Å². The first kappa shape index (κ1) is 12.9. The predicted molar refractivity (Wildman–Crippen MR) is 88.5 cm³/mol. The van der Waals surface area contributed by atoms with E-state index >= 15 is 0 Å². The molecule has 0 atom stereocenters. The third-order valence-electron chi connectivity index (χ3n) is 4.27. The van der Waals surface area contributed by atoms with Gasteiger partial charge in [-0.15, -0.1) is 0 Å². The lowest BCUT2D eigenvalue weighted by Crippen LogP contribution is -2.05. The van der Waals surface area contributed by atoms with Gasteiger partial charge in [0.25, 0.3) is 0 Å². The van der Waals surface area contributed by atoms with Crippen LogP contribution in [-0.4, -0.2) is 17.5 Å². The third-order valence-corrected chi connectivity index (χ3v) is 4.27. The van der Waals surface area contributed by atoms with E-state index in [9.17, 15) is 4.79 Å². The van der Waals surface area contributed by atoms with E-state index in [1.165, 1.54) is 7.11 Å². The maximum atomic E-state index is 12.3. The van der Waals surface area contributed by atoms with E-state index in [-0.39, 0.29) is 5.97 Å². The predicted octanol–water partition coefficient (Wildman–Crippen LogP) is 4.34. The van der Waals surface area contributed by atoms with Crippen LogP contribution in [0.4, 0.5) is 0 Å². The van der Waals surface area contributed by atoms with Crippen LogP contribution < -0.4 is 0 Å².